The van der Waals surface area contributed by atoms with Crippen LogP contribution in [0.4, 0.5) is 0 Å². The number of ketones is 1. The first kappa shape index (κ1) is 15.5. The molecule has 0 radical (unpaired) electrons. The van der Waals surface area contributed by atoms with Gasteiger partial charge in [0.1, 0.15) is 11.5 Å². The van der Waals surface area contributed by atoms with Crippen molar-refractivity contribution < 1.29 is 19.1 Å². The van der Waals surface area contributed by atoms with E-state index in [9.17, 15) is 9.59 Å². The van der Waals surface area contributed by atoms with Crippen molar-refractivity contribution in [2.75, 3.05) is 13.7 Å². The number of benzene rings is 1. The summed E-state index contributed by atoms with van der Waals surface area (Å²) in [7, 11) is 1.62. The molecule has 0 N–H and O–H groups in total. The van der Waals surface area contributed by atoms with E-state index in [2.05, 4.69) is 0 Å². The number of esters is 1. The van der Waals surface area contributed by atoms with E-state index in [4.69, 9.17) is 9.47 Å². The molecule has 0 aliphatic heterocycles. The van der Waals surface area contributed by atoms with Gasteiger partial charge in [0.05, 0.1) is 19.6 Å². The second-order valence-electron chi connectivity index (χ2n) is 5.38. The minimum absolute atomic E-state index is 0.169. The Morgan fingerprint density at radius 2 is 2.19 bits per heavy atom. The van der Waals surface area contributed by atoms with Crippen LogP contribution < -0.4 is 4.74 Å². The average Bonchev–Trinajstić information content (AvgIpc) is 2.49. The van der Waals surface area contributed by atoms with Gasteiger partial charge in [0.25, 0.3) is 0 Å². The Morgan fingerprint density at radius 1 is 1.38 bits per heavy atom. The van der Waals surface area contributed by atoms with Crippen LogP contribution in [0.1, 0.15) is 31.7 Å². The molecule has 1 aromatic carbocycles. The molecule has 0 bridgehead atoms. The largest absolute Gasteiger partial charge is 0.497 e. The van der Waals surface area contributed by atoms with Crippen molar-refractivity contribution in [3.63, 3.8) is 0 Å². The van der Waals surface area contributed by atoms with Crippen LogP contribution in [0.5, 0.6) is 5.75 Å². The zero-order valence-electron chi connectivity index (χ0n) is 12.6. The van der Waals surface area contributed by atoms with Crippen LogP contribution in [0.2, 0.25) is 0 Å². The fraction of sp³-hybridized carbons (Fsp3) is 0.529. The Balaban J connectivity index is 2.16. The highest BCUT2D eigenvalue weighted by Gasteiger charge is 2.37. The topological polar surface area (TPSA) is 52.6 Å². The molecule has 114 valence electrons. The number of carbonyl (C=O) groups is 2. The molecular formula is C17H22O4. The summed E-state index contributed by atoms with van der Waals surface area (Å²) in [6.07, 6.45) is 2.64. The molecule has 0 heterocycles. The number of ether oxygens (including phenoxy) is 2. The first-order valence-electron chi connectivity index (χ1n) is 7.48. The van der Waals surface area contributed by atoms with E-state index in [1.807, 2.05) is 24.3 Å². The summed E-state index contributed by atoms with van der Waals surface area (Å²) in [6.45, 7) is 2.15. The quantitative estimate of drug-likeness (QED) is 0.782. The van der Waals surface area contributed by atoms with Crippen molar-refractivity contribution in [2.24, 2.45) is 11.8 Å². The monoisotopic (exact) mass is 290 g/mol. The number of carbonyl (C=O) groups excluding carboxylic acids is 2. The smallest absolute Gasteiger partial charge is 0.309 e. The second kappa shape index (κ2) is 7.25. The van der Waals surface area contributed by atoms with Crippen LogP contribution in [0.15, 0.2) is 24.3 Å². The molecule has 1 saturated carbocycles. The van der Waals surface area contributed by atoms with Gasteiger partial charge in [0, 0.05) is 12.3 Å². The zero-order chi connectivity index (χ0) is 15.2. The lowest BCUT2D eigenvalue weighted by Crippen LogP contribution is -2.36. The third-order valence-electron chi connectivity index (χ3n) is 4.02. The number of Topliss-reactive ketones (excluding diaryl/α,β-unsaturated/α-hetero) is 1. The van der Waals surface area contributed by atoms with Crippen molar-refractivity contribution in [2.45, 2.75) is 32.6 Å². The summed E-state index contributed by atoms with van der Waals surface area (Å²) >= 11 is 0. The molecule has 0 spiro atoms. The van der Waals surface area contributed by atoms with Crippen LogP contribution in [-0.2, 0) is 20.7 Å². The van der Waals surface area contributed by atoms with E-state index in [0.717, 1.165) is 24.2 Å². The zero-order valence-corrected chi connectivity index (χ0v) is 12.6. The number of hydrogen-bond donors (Lipinski definition) is 0. The highest BCUT2D eigenvalue weighted by atomic mass is 16.5. The molecule has 2 atom stereocenters. The maximum atomic E-state index is 12.2. The van der Waals surface area contributed by atoms with Gasteiger partial charge < -0.3 is 9.47 Å². The molecule has 0 saturated heterocycles. The van der Waals surface area contributed by atoms with Gasteiger partial charge in [0.2, 0.25) is 0 Å². The Bertz CT molecular complexity index is 509. The molecule has 21 heavy (non-hydrogen) atoms. The van der Waals surface area contributed by atoms with Gasteiger partial charge in [0.15, 0.2) is 0 Å². The van der Waals surface area contributed by atoms with Gasteiger partial charge in [-0.2, -0.15) is 0 Å². The molecule has 1 aliphatic rings. The summed E-state index contributed by atoms with van der Waals surface area (Å²) < 4.78 is 10.3. The van der Waals surface area contributed by atoms with Crippen molar-refractivity contribution in [3.05, 3.63) is 29.8 Å². The third-order valence-corrected chi connectivity index (χ3v) is 4.02. The van der Waals surface area contributed by atoms with Crippen LogP contribution >= 0.6 is 0 Å². The molecule has 2 unspecified atom stereocenters. The number of rotatable bonds is 5. The van der Waals surface area contributed by atoms with Crippen LogP contribution in [0.3, 0.4) is 0 Å². The van der Waals surface area contributed by atoms with Gasteiger partial charge in [-0.3, -0.25) is 9.59 Å². The Morgan fingerprint density at radius 3 is 2.90 bits per heavy atom. The molecule has 1 aromatic rings. The lowest BCUT2D eigenvalue weighted by Gasteiger charge is -2.28. The van der Waals surface area contributed by atoms with E-state index in [0.29, 0.717) is 19.4 Å². The van der Waals surface area contributed by atoms with E-state index in [1.165, 1.54) is 0 Å². The summed E-state index contributed by atoms with van der Waals surface area (Å²) in [5.41, 5.74) is 1.02. The SMILES string of the molecule is CCOC(=O)C1CCCC(=O)C1Cc1cccc(OC)c1. The molecule has 1 fully saturated rings. The molecule has 1 aliphatic carbocycles. The van der Waals surface area contributed by atoms with Crippen LogP contribution in [0.25, 0.3) is 0 Å². The first-order valence-corrected chi connectivity index (χ1v) is 7.48. The van der Waals surface area contributed by atoms with Crippen molar-refractivity contribution in [1.82, 2.24) is 0 Å². The van der Waals surface area contributed by atoms with Gasteiger partial charge in [-0.25, -0.2) is 0 Å². The highest BCUT2D eigenvalue weighted by Crippen LogP contribution is 2.31. The molecule has 4 heteroatoms. The van der Waals surface area contributed by atoms with Gasteiger partial charge >= 0.3 is 5.97 Å². The van der Waals surface area contributed by atoms with Gasteiger partial charge in [-0.1, -0.05) is 12.1 Å². The fourth-order valence-electron chi connectivity index (χ4n) is 2.95. The predicted molar refractivity (Wildman–Crippen MR) is 79.2 cm³/mol. The summed E-state index contributed by atoms with van der Waals surface area (Å²) in [5, 5.41) is 0. The lowest BCUT2D eigenvalue weighted by molar-refractivity contribution is -0.154. The molecule has 0 amide bonds. The molecule has 2 rings (SSSR count). The highest BCUT2D eigenvalue weighted by molar-refractivity contribution is 5.88. The molecule has 0 aromatic heterocycles. The fourth-order valence-corrected chi connectivity index (χ4v) is 2.95. The van der Waals surface area contributed by atoms with Crippen molar-refractivity contribution >= 4 is 11.8 Å². The molecular weight excluding hydrogens is 268 g/mol. The summed E-state index contributed by atoms with van der Waals surface area (Å²) in [6, 6.07) is 7.66. The van der Waals surface area contributed by atoms with Crippen molar-refractivity contribution in [1.29, 1.82) is 0 Å². The van der Waals surface area contributed by atoms with Crippen LogP contribution in [0, 0.1) is 11.8 Å². The first-order chi connectivity index (χ1) is 10.2. The number of methoxy groups -OCH3 is 1. The van der Waals surface area contributed by atoms with Gasteiger partial charge in [-0.15, -0.1) is 0 Å². The second-order valence-corrected chi connectivity index (χ2v) is 5.38. The minimum Gasteiger partial charge on any atom is -0.497 e. The molecule has 4 nitrogen and oxygen atoms in total. The average molecular weight is 290 g/mol. The maximum Gasteiger partial charge on any atom is 0.309 e. The Hall–Kier alpha value is -1.84. The van der Waals surface area contributed by atoms with E-state index in [1.54, 1.807) is 14.0 Å². The standard InChI is InChI=1S/C17H22O4/c1-3-21-17(19)14-8-5-9-16(18)15(14)11-12-6-4-7-13(10-12)20-2/h4,6-7,10,14-15H,3,5,8-9,11H2,1-2H3. The number of hydrogen-bond acceptors (Lipinski definition) is 4. The van der Waals surface area contributed by atoms with E-state index in [-0.39, 0.29) is 23.6 Å². The minimum atomic E-state index is -0.308. The van der Waals surface area contributed by atoms with E-state index < -0.39 is 0 Å². The van der Waals surface area contributed by atoms with Crippen molar-refractivity contribution in [3.8, 4) is 5.75 Å². The summed E-state index contributed by atoms with van der Waals surface area (Å²) in [4.78, 5) is 24.3. The Kier molecular flexibility index (Phi) is 5.37. The van der Waals surface area contributed by atoms with Gasteiger partial charge in [-0.05, 0) is 43.9 Å². The predicted octanol–water partition coefficient (Wildman–Crippen LogP) is 2.79. The normalized spacial score (nSPS) is 21.9. The lowest BCUT2D eigenvalue weighted by atomic mass is 9.75. The van der Waals surface area contributed by atoms with Crippen LogP contribution in [-0.4, -0.2) is 25.5 Å². The summed E-state index contributed by atoms with van der Waals surface area (Å²) in [5.74, 6) is 0.117. The van der Waals surface area contributed by atoms with E-state index >= 15 is 0 Å². The maximum absolute atomic E-state index is 12.2. The third kappa shape index (κ3) is 3.84. The Labute approximate surface area is 125 Å².